The fourth-order valence-electron chi connectivity index (χ4n) is 2.50. The topological polar surface area (TPSA) is 157 Å². The zero-order valence-corrected chi connectivity index (χ0v) is 13.8. The molecular formula is C10H24N4O6S2. The van der Waals surface area contributed by atoms with E-state index in [4.69, 9.17) is 9.11 Å². The second-order valence-corrected chi connectivity index (χ2v) is 8.46. The van der Waals surface area contributed by atoms with Crippen LogP contribution in [-0.4, -0.2) is 49.5 Å². The Bertz CT molecular complexity index is 488. The van der Waals surface area contributed by atoms with Crippen molar-refractivity contribution < 1.29 is 25.9 Å². The Morgan fingerprint density at radius 2 is 1.36 bits per heavy atom. The summed E-state index contributed by atoms with van der Waals surface area (Å²) in [5.74, 6) is -1.68. The third-order valence-electron chi connectivity index (χ3n) is 3.35. The molecule has 12 heteroatoms. The van der Waals surface area contributed by atoms with Gasteiger partial charge in [-0.2, -0.15) is 27.9 Å². The van der Waals surface area contributed by atoms with E-state index < -0.39 is 37.3 Å². The molecule has 22 heavy (non-hydrogen) atoms. The van der Waals surface area contributed by atoms with Crippen molar-refractivity contribution in [2.24, 2.45) is 0 Å². The molecule has 1 aliphatic heterocycles. The van der Waals surface area contributed by atoms with Crippen LogP contribution in [0.1, 0.15) is 38.5 Å². The molecule has 1 aliphatic rings. The Hall–Kier alpha value is -0.340. The van der Waals surface area contributed by atoms with Crippen LogP contribution in [0.4, 0.5) is 0 Å². The predicted octanol–water partition coefficient (Wildman–Crippen LogP) is -1.04. The second-order valence-electron chi connectivity index (χ2n) is 5.55. The van der Waals surface area contributed by atoms with Crippen molar-refractivity contribution >= 4 is 20.2 Å². The Kier molecular flexibility index (Phi) is 7.61. The third kappa shape index (κ3) is 8.95. The molecule has 1 saturated heterocycles. The van der Waals surface area contributed by atoms with Gasteiger partial charge in [0.2, 0.25) is 0 Å². The fraction of sp³-hybridized carbons (Fsp3) is 1.00. The molecule has 0 saturated carbocycles. The Morgan fingerprint density at radius 3 is 1.95 bits per heavy atom. The monoisotopic (exact) mass is 360 g/mol. The highest BCUT2D eigenvalue weighted by atomic mass is 32.2. The highest BCUT2D eigenvalue weighted by molar-refractivity contribution is 7.86. The molecule has 0 aromatic carbocycles. The van der Waals surface area contributed by atoms with Gasteiger partial charge in [-0.05, 0) is 12.8 Å². The molecule has 1 heterocycles. The van der Waals surface area contributed by atoms with Crippen molar-refractivity contribution in [2.45, 2.75) is 44.1 Å². The van der Waals surface area contributed by atoms with Crippen molar-refractivity contribution in [3.05, 3.63) is 0 Å². The molecule has 0 spiro atoms. The lowest BCUT2D eigenvalue weighted by molar-refractivity contribution is 0.244. The lowest BCUT2D eigenvalue weighted by Gasteiger charge is -2.33. The quantitative estimate of drug-likeness (QED) is 0.342. The van der Waals surface area contributed by atoms with E-state index in [1.165, 1.54) is 0 Å². The van der Waals surface area contributed by atoms with Crippen molar-refractivity contribution in [1.82, 2.24) is 21.9 Å². The van der Waals surface area contributed by atoms with Gasteiger partial charge in [-0.25, -0.2) is 10.9 Å². The summed E-state index contributed by atoms with van der Waals surface area (Å²) in [5.41, 5.74) is 8.88. The first-order chi connectivity index (χ1) is 10.1. The smallest absolute Gasteiger partial charge is 0.266 e. The van der Waals surface area contributed by atoms with Crippen molar-refractivity contribution in [2.75, 3.05) is 18.1 Å². The molecule has 0 amide bonds. The van der Waals surface area contributed by atoms with Gasteiger partial charge >= 0.3 is 0 Å². The van der Waals surface area contributed by atoms with Gasteiger partial charge in [0.05, 0.1) is 17.0 Å². The highest BCUT2D eigenvalue weighted by Gasteiger charge is 2.38. The molecule has 1 fully saturated rings. The molecule has 0 atom stereocenters. The molecule has 0 radical (unpaired) electrons. The Morgan fingerprint density at radius 1 is 0.818 bits per heavy atom. The first-order valence-corrected chi connectivity index (χ1v) is 10.2. The summed E-state index contributed by atoms with van der Waals surface area (Å²) in [6.45, 7) is 0.679. The number of hydrazine groups is 3. The number of hydrogen-bond donors (Lipinski definition) is 6. The van der Waals surface area contributed by atoms with Crippen LogP contribution in [0.3, 0.4) is 0 Å². The van der Waals surface area contributed by atoms with Crippen LogP contribution >= 0.6 is 0 Å². The first kappa shape index (κ1) is 19.7. The van der Waals surface area contributed by atoms with Gasteiger partial charge in [-0.15, -0.1) is 0 Å². The molecule has 0 aromatic rings. The van der Waals surface area contributed by atoms with Crippen LogP contribution in [0.2, 0.25) is 0 Å². The van der Waals surface area contributed by atoms with Crippen LogP contribution in [0.25, 0.3) is 0 Å². The van der Waals surface area contributed by atoms with Gasteiger partial charge in [-0.1, -0.05) is 25.7 Å². The summed E-state index contributed by atoms with van der Waals surface area (Å²) in [4.78, 5) is 0. The molecule has 0 unspecified atom stereocenters. The van der Waals surface area contributed by atoms with Crippen LogP contribution < -0.4 is 21.9 Å². The van der Waals surface area contributed by atoms with Crippen LogP contribution in [-0.2, 0) is 20.2 Å². The SMILES string of the molecule is O=S(=O)(O)CC1(CS(=O)(=O)O)CCCCCCCNNNN1. The Balaban J connectivity index is 2.93. The molecule has 6 N–H and O–H groups in total. The van der Waals surface area contributed by atoms with Gasteiger partial charge in [0.15, 0.2) is 0 Å². The first-order valence-electron chi connectivity index (χ1n) is 7.02. The van der Waals surface area contributed by atoms with E-state index in [9.17, 15) is 16.8 Å². The summed E-state index contributed by atoms with van der Waals surface area (Å²) in [6, 6.07) is 0. The number of hydrogen-bond acceptors (Lipinski definition) is 8. The van der Waals surface area contributed by atoms with Crippen molar-refractivity contribution in [3.8, 4) is 0 Å². The normalized spacial score (nSPS) is 22.5. The maximum absolute atomic E-state index is 11.2. The van der Waals surface area contributed by atoms with E-state index >= 15 is 0 Å². The zero-order valence-electron chi connectivity index (χ0n) is 12.2. The molecule has 132 valence electrons. The fourth-order valence-corrected chi connectivity index (χ4v) is 4.66. The summed E-state index contributed by atoms with van der Waals surface area (Å²) >= 11 is 0. The molecule has 1 rings (SSSR count). The van der Waals surface area contributed by atoms with E-state index in [1.54, 1.807) is 0 Å². The Labute approximate surface area is 130 Å². The largest absolute Gasteiger partial charge is 0.285 e. The molecule has 10 nitrogen and oxygen atoms in total. The zero-order chi connectivity index (χ0) is 16.7. The lowest BCUT2D eigenvalue weighted by atomic mass is 9.96. The van der Waals surface area contributed by atoms with Crippen molar-refractivity contribution in [3.63, 3.8) is 0 Å². The van der Waals surface area contributed by atoms with E-state index in [2.05, 4.69) is 21.9 Å². The molecule has 0 aromatic heterocycles. The van der Waals surface area contributed by atoms with Gasteiger partial charge in [0, 0.05) is 6.54 Å². The highest BCUT2D eigenvalue weighted by Crippen LogP contribution is 2.20. The summed E-state index contributed by atoms with van der Waals surface area (Å²) in [6.07, 6.45) is 4.41. The molecule has 0 bridgehead atoms. The van der Waals surface area contributed by atoms with E-state index in [-0.39, 0.29) is 6.42 Å². The van der Waals surface area contributed by atoms with Gasteiger partial charge in [-0.3, -0.25) is 9.11 Å². The van der Waals surface area contributed by atoms with Crippen LogP contribution in [0, 0.1) is 0 Å². The minimum absolute atomic E-state index is 0.154. The summed E-state index contributed by atoms with van der Waals surface area (Å²) < 4.78 is 63.2. The summed E-state index contributed by atoms with van der Waals surface area (Å²) in [7, 11) is -8.89. The third-order valence-corrected chi connectivity index (χ3v) is 5.19. The van der Waals surface area contributed by atoms with Crippen LogP contribution in [0.15, 0.2) is 0 Å². The second kappa shape index (κ2) is 8.49. The molecule has 0 aliphatic carbocycles. The number of nitrogens with one attached hydrogen (secondary N) is 4. The maximum Gasteiger partial charge on any atom is 0.266 e. The maximum atomic E-state index is 11.2. The van der Waals surface area contributed by atoms with E-state index in [0.717, 1.165) is 25.7 Å². The lowest BCUT2D eigenvalue weighted by Crippen LogP contribution is -2.64. The van der Waals surface area contributed by atoms with E-state index in [0.29, 0.717) is 13.0 Å². The number of rotatable bonds is 4. The van der Waals surface area contributed by atoms with Gasteiger partial charge < -0.3 is 0 Å². The summed E-state index contributed by atoms with van der Waals surface area (Å²) in [5, 5.41) is 0. The minimum Gasteiger partial charge on any atom is -0.285 e. The minimum atomic E-state index is -4.45. The van der Waals surface area contributed by atoms with Gasteiger partial charge in [0.1, 0.15) is 0 Å². The predicted molar refractivity (Wildman–Crippen MR) is 80.7 cm³/mol. The standard InChI is InChI=1S/C10H24N4O6S2/c15-21(16,17)8-10(9-22(18,19)20)6-4-2-1-3-5-7-11-13-14-12-10/h11-14H,1-9H2,(H,15,16,17)(H,18,19,20). The van der Waals surface area contributed by atoms with Crippen LogP contribution in [0.5, 0.6) is 0 Å². The molecular weight excluding hydrogens is 336 g/mol. The average molecular weight is 360 g/mol. The van der Waals surface area contributed by atoms with Gasteiger partial charge in [0.25, 0.3) is 20.2 Å². The van der Waals surface area contributed by atoms with E-state index in [1.807, 2.05) is 0 Å². The van der Waals surface area contributed by atoms with Crippen molar-refractivity contribution in [1.29, 1.82) is 0 Å². The average Bonchev–Trinajstić information content (AvgIpc) is 2.29.